The molecule has 0 bridgehead atoms. The first-order valence-corrected chi connectivity index (χ1v) is 5.42. The first kappa shape index (κ1) is 11.0. The topological polar surface area (TPSA) is 45.5 Å². The summed E-state index contributed by atoms with van der Waals surface area (Å²) >= 11 is 0. The maximum Gasteiger partial charge on any atom is 0.246 e. The second kappa shape index (κ2) is 4.53. The minimum atomic E-state index is -0.0187. The van der Waals surface area contributed by atoms with E-state index in [1.54, 1.807) is 4.90 Å². The van der Waals surface area contributed by atoms with Gasteiger partial charge in [0.2, 0.25) is 5.91 Å². The molecule has 1 aromatic heterocycles. The van der Waals surface area contributed by atoms with E-state index >= 15 is 0 Å². The largest absolute Gasteiger partial charge is 0.465 e. The van der Waals surface area contributed by atoms with Crippen LogP contribution in [0.25, 0.3) is 0 Å². The zero-order valence-corrected chi connectivity index (χ0v) is 9.40. The van der Waals surface area contributed by atoms with Gasteiger partial charge in [-0.2, -0.15) is 0 Å². The van der Waals surface area contributed by atoms with Crippen molar-refractivity contribution >= 4 is 5.91 Å². The summed E-state index contributed by atoms with van der Waals surface area (Å²) in [7, 11) is 0. The van der Waals surface area contributed by atoms with Crippen LogP contribution in [0, 0.1) is 6.92 Å². The molecule has 0 spiro atoms. The van der Waals surface area contributed by atoms with Crippen molar-refractivity contribution in [1.82, 2.24) is 10.2 Å². The normalized spacial score (nSPS) is 20.8. The lowest BCUT2D eigenvalue weighted by atomic mass is 10.1. The molecule has 0 aromatic carbocycles. The van der Waals surface area contributed by atoms with Gasteiger partial charge in [-0.15, -0.1) is 0 Å². The molecule has 1 N–H and O–H groups in total. The summed E-state index contributed by atoms with van der Waals surface area (Å²) in [6.07, 6.45) is 1.36. The van der Waals surface area contributed by atoms with Gasteiger partial charge in [0.1, 0.15) is 11.5 Å². The Morgan fingerprint density at radius 1 is 1.69 bits per heavy atom. The highest BCUT2D eigenvalue weighted by atomic mass is 16.3. The second-order valence-electron chi connectivity index (χ2n) is 3.94. The molecule has 0 saturated carbocycles. The van der Waals surface area contributed by atoms with Gasteiger partial charge in [-0.25, -0.2) is 0 Å². The number of aryl methyl sites for hydroxylation is 1. The van der Waals surface area contributed by atoms with Gasteiger partial charge in [0.05, 0.1) is 6.04 Å². The molecular weight excluding hydrogens is 204 g/mol. The smallest absolute Gasteiger partial charge is 0.246 e. The number of hydrogen-bond donors (Lipinski definition) is 1. The maximum atomic E-state index is 11.5. The van der Waals surface area contributed by atoms with E-state index in [4.69, 9.17) is 4.42 Å². The molecule has 1 atom stereocenters. The van der Waals surface area contributed by atoms with Gasteiger partial charge in [0.25, 0.3) is 0 Å². The standard InChI is InChI=1S/C12H16N2O2/c1-3-12(15)14-7-6-13-10(8-14)11-5-4-9(2)16-11/h3-5,10,13H,1,6-8H2,2H3. The molecule has 1 saturated heterocycles. The van der Waals surface area contributed by atoms with Crippen molar-refractivity contribution in [3.05, 3.63) is 36.3 Å². The van der Waals surface area contributed by atoms with Crippen molar-refractivity contribution in [2.24, 2.45) is 0 Å². The van der Waals surface area contributed by atoms with Crippen LogP contribution in [0.2, 0.25) is 0 Å². The molecule has 1 fully saturated rings. The molecule has 2 heterocycles. The first-order chi connectivity index (χ1) is 7.70. The zero-order chi connectivity index (χ0) is 11.5. The highest BCUT2D eigenvalue weighted by molar-refractivity contribution is 5.87. The molecule has 0 aliphatic carbocycles. The third-order valence-corrected chi connectivity index (χ3v) is 2.77. The summed E-state index contributed by atoms with van der Waals surface area (Å²) in [5, 5.41) is 3.34. The van der Waals surface area contributed by atoms with Crippen molar-refractivity contribution in [1.29, 1.82) is 0 Å². The number of amides is 1. The van der Waals surface area contributed by atoms with E-state index in [0.29, 0.717) is 6.54 Å². The number of carbonyl (C=O) groups is 1. The Balaban J connectivity index is 2.07. The minimum absolute atomic E-state index is 0.0187. The van der Waals surface area contributed by atoms with Gasteiger partial charge < -0.3 is 14.6 Å². The van der Waals surface area contributed by atoms with Crippen molar-refractivity contribution in [2.75, 3.05) is 19.6 Å². The number of carbonyl (C=O) groups excluding carboxylic acids is 1. The van der Waals surface area contributed by atoms with Crippen LogP contribution in [-0.2, 0) is 4.79 Å². The van der Waals surface area contributed by atoms with Gasteiger partial charge >= 0.3 is 0 Å². The minimum Gasteiger partial charge on any atom is -0.465 e. The highest BCUT2D eigenvalue weighted by Gasteiger charge is 2.24. The molecule has 0 radical (unpaired) electrons. The lowest BCUT2D eigenvalue weighted by molar-refractivity contribution is -0.127. The van der Waals surface area contributed by atoms with E-state index in [1.807, 2.05) is 19.1 Å². The van der Waals surface area contributed by atoms with Crippen LogP contribution in [-0.4, -0.2) is 30.4 Å². The fourth-order valence-electron chi connectivity index (χ4n) is 1.91. The number of piperazine rings is 1. The maximum absolute atomic E-state index is 11.5. The molecule has 1 aliphatic rings. The number of rotatable bonds is 2. The molecular formula is C12H16N2O2. The summed E-state index contributed by atoms with van der Waals surface area (Å²) in [5.41, 5.74) is 0. The van der Waals surface area contributed by atoms with E-state index in [9.17, 15) is 4.79 Å². The molecule has 2 rings (SSSR count). The van der Waals surface area contributed by atoms with Crippen LogP contribution in [0.5, 0.6) is 0 Å². The van der Waals surface area contributed by atoms with Gasteiger partial charge in [-0.3, -0.25) is 4.79 Å². The Labute approximate surface area is 94.9 Å². The summed E-state index contributed by atoms with van der Waals surface area (Å²) in [5.74, 6) is 1.76. The molecule has 1 aromatic rings. The SMILES string of the molecule is C=CC(=O)N1CCNC(c2ccc(C)o2)C1. The average Bonchev–Trinajstić information content (AvgIpc) is 2.75. The fraction of sp³-hybridized carbons (Fsp3) is 0.417. The lowest BCUT2D eigenvalue weighted by Gasteiger charge is -2.32. The van der Waals surface area contributed by atoms with E-state index in [2.05, 4.69) is 11.9 Å². The quantitative estimate of drug-likeness (QED) is 0.763. The summed E-state index contributed by atoms with van der Waals surface area (Å²) in [6, 6.07) is 3.98. The van der Waals surface area contributed by atoms with E-state index in [1.165, 1.54) is 6.08 Å². The van der Waals surface area contributed by atoms with Crippen molar-refractivity contribution in [3.63, 3.8) is 0 Å². The molecule has 1 amide bonds. The number of furan rings is 1. The van der Waals surface area contributed by atoms with E-state index in [0.717, 1.165) is 24.6 Å². The number of nitrogens with zero attached hydrogens (tertiary/aromatic N) is 1. The zero-order valence-electron chi connectivity index (χ0n) is 9.40. The molecule has 86 valence electrons. The molecule has 4 heteroatoms. The number of nitrogens with one attached hydrogen (secondary N) is 1. The summed E-state index contributed by atoms with van der Waals surface area (Å²) in [4.78, 5) is 13.3. The predicted molar refractivity (Wildman–Crippen MR) is 61.0 cm³/mol. The molecule has 16 heavy (non-hydrogen) atoms. The Morgan fingerprint density at radius 2 is 2.50 bits per heavy atom. The monoisotopic (exact) mass is 220 g/mol. The van der Waals surface area contributed by atoms with Crippen LogP contribution in [0.4, 0.5) is 0 Å². The van der Waals surface area contributed by atoms with Crippen molar-refractivity contribution < 1.29 is 9.21 Å². The Hall–Kier alpha value is -1.55. The summed E-state index contributed by atoms with van der Waals surface area (Å²) < 4.78 is 5.56. The van der Waals surface area contributed by atoms with Crippen LogP contribution < -0.4 is 5.32 Å². The van der Waals surface area contributed by atoms with Gasteiger partial charge in [-0.1, -0.05) is 6.58 Å². The summed E-state index contributed by atoms with van der Waals surface area (Å²) in [6.45, 7) is 7.56. The molecule has 1 aliphatic heterocycles. The van der Waals surface area contributed by atoms with Gasteiger partial charge in [0, 0.05) is 19.6 Å². The Kier molecular flexibility index (Phi) is 3.10. The van der Waals surface area contributed by atoms with Crippen LogP contribution >= 0.6 is 0 Å². The third kappa shape index (κ3) is 2.17. The van der Waals surface area contributed by atoms with E-state index < -0.39 is 0 Å². The third-order valence-electron chi connectivity index (χ3n) is 2.77. The Morgan fingerprint density at radius 3 is 3.12 bits per heavy atom. The molecule has 4 nitrogen and oxygen atoms in total. The van der Waals surface area contributed by atoms with Crippen molar-refractivity contribution in [3.8, 4) is 0 Å². The lowest BCUT2D eigenvalue weighted by Crippen LogP contribution is -2.47. The molecule has 1 unspecified atom stereocenters. The van der Waals surface area contributed by atoms with Crippen LogP contribution in [0.15, 0.2) is 29.2 Å². The van der Waals surface area contributed by atoms with Gasteiger partial charge in [-0.05, 0) is 25.1 Å². The van der Waals surface area contributed by atoms with Gasteiger partial charge in [0.15, 0.2) is 0 Å². The van der Waals surface area contributed by atoms with Crippen molar-refractivity contribution in [2.45, 2.75) is 13.0 Å². The highest BCUT2D eigenvalue weighted by Crippen LogP contribution is 2.19. The first-order valence-electron chi connectivity index (χ1n) is 5.42. The average molecular weight is 220 g/mol. The fourth-order valence-corrected chi connectivity index (χ4v) is 1.91. The number of hydrogen-bond acceptors (Lipinski definition) is 3. The van der Waals surface area contributed by atoms with E-state index in [-0.39, 0.29) is 11.9 Å². The van der Waals surface area contributed by atoms with Crippen LogP contribution in [0.3, 0.4) is 0 Å². The predicted octanol–water partition coefficient (Wildman–Crippen LogP) is 1.25. The van der Waals surface area contributed by atoms with Crippen LogP contribution in [0.1, 0.15) is 17.6 Å². The second-order valence-corrected chi connectivity index (χ2v) is 3.94. The Bertz CT molecular complexity index is 397.